The van der Waals surface area contributed by atoms with Gasteiger partial charge in [0.05, 0.1) is 26.4 Å². The number of aliphatic hydroxyl groups is 1. The van der Waals surface area contributed by atoms with Crippen LogP contribution >= 0.6 is 15.6 Å². The number of unbranched alkanes of at least 4 members (excludes halogenated alkanes) is 38. The van der Waals surface area contributed by atoms with Gasteiger partial charge in [-0.1, -0.05) is 319 Å². The zero-order valence-electron chi connectivity index (χ0n) is 63.6. The SMILES string of the molecule is CC/C=C\C/C=C\C/C=C\C/C=C\CCCCCCCCC(=O)OCC(COP(=O)(O)OCC(O)COP(=O)(O)OCC(COC(=O)CCCCCCCCCCCCCCCCC)OC(=O)CCCCCCC/C=C\C/C=C\CCC)OC(=O)CCCCCCCCCCCCCCC. The van der Waals surface area contributed by atoms with Crippen LogP contribution in [-0.2, 0) is 65.4 Å². The molecule has 0 aliphatic heterocycles. The van der Waals surface area contributed by atoms with Gasteiger partial charge in [0.15, 0.2) is 12.2 Å². The Morgan fingerprint density at radius 2 is 0.540 bits per heavy atom. The number of hydrogen-bond donors (Lipinski definition) is 3. The third kappa shape index (κ3) is 72.8. The third-order valence-electron chi connectivity index (χ3n) is 17.2. The predicted molar refractivity (Wildman–Crippen MR) is 409 cm³/mol. The molecule has 0 spiro atoms. The maximum Gasteiger partial charge on any atom is 0.472 e. The summed E-state index contributed by atoms with van der Waals surface area (Å²) in [6.45, 7) is 4.74. The number of carbonyl (C=O) groups excluding carboxylic acids is 4. The van der Waals surface area contributed by atoms with Crippen LogP contribution in [0.1, 0.15) is 362 Å². The van der Waals surface area contributed by atoms with Crippen LogP contribution in [0.25, 0.3) is 0 Å². The van der Waals surface area contributed by atoms with Crippen molar-refractivity contribution in [3.05, 3.63) is 72.9 Å². The zero-order chi connectivity index (χ0) is 73.2. The standard InChI is InChI=1S/C81H146O17P2/c1-5-9-13-17-21-25-29-33-35-36-37-38-40-44-46-50-54-58-62-66-79(84)92-72-77(98-81(86)68-64-60-56-52-48-42-32-28-24-20-16-12-8-4)74-96-100(89,90)94-70-75(82)69-93-99(87,88)95-73-76(97-80(85)67-63-59-55-51-47-41-31-27-23-19-15-11-7-3)71-91-78(83)65-61-57-53-49-45-43-39-34-30-26-22-18-14-10-6-2/h9,13,15,19,21,25,27,31,33,35,37-38,75-77,82H,5-8,10-12,14,16-18,20,22-24,26,28-30,32,34,36,39-74H2,1-4H3,(H,87,88)(H,89,90)/b13-9-,19-15-,25-21-,31-27-,35-33-,38-37-. The summed E-state index contributed by atoms with van der Waals surface area (Å²) in [4.78, 5) is 73.0. The van der Waals surface area contributed by atoms with Crippen LogP contribution in [-0.4, -0.2) is 96.7 Å². The molecule has 0 aromatic carbocycles. The molecule has 0 heterocycles. The number of phosphoric acid groups is 2. The summed E-state index contributed by atoms with van der Waals surface area (Å²) in [6.07, 6.45) is 74.5. The molecule has 0 aromatic heterocycles. The first-order chi connectivity index (χ1) is 48.7. The van der Waals surface area contributed by atoms with E-state index in [4.69, 9.17) is 37.0 Å². The number of hydrogen-bond acceptors (Lipinski definition) is 15. The van der Waals surface area contributed by atoms with Crippen molar-refractivity contribution in [3.63, 3.8) is 0 Å². The lowest BCUT2D eigenvalue weighted by atomic mass is 10.0. The highest BCUT2D eigenvalue weighted by Crippen LogP contribution is 2.45. The highest BCUT2D eigenvalue weighted by molar-refractivity contribution is 7.47. The Hall–Kier alpha value is -3.50. The number of esters is 4. The molecule has 19 heteroatoms. The Morgan fingerprint density at radius 3 is 0.840 bits per heavy atom. The van der Waals surface area contributed by atoms with E-state index in [-0.39, 0.29) is 25.7 Å². The highest BCUT2D eigenvalue weighted by Gasteiger charge is 2.30. The monoisotopic (exact) mass is 1450 g/mol. The van der Waals surface area contributed by atoms with E-state index in [1.807, 2.05) is 0 Å². The summed E-state index contributed by atoms with van der Waals surface area (Å²) in [7, 11) is -9.94. The van der Waals surface area contributed by atoms with E-state index >= 15 is 0 Å². The van der Waals surface area contributed by atoms with Gasteiger partial charge in [-0.25, -0.2) is 9.13 Å². The first-order valence-corrected chi connectivity index (χ1v) is 43.2. The first-order valence-electron chi connectivity index (χ1n) is 40.2. The van der Waals surface area contributed by atoms with Gasteiger partial charge in [-0.05, 0) is 89.9 Å². The number of allylic oxidation sites excluding steroid dienone is 12. The molecule has 0 radical (unpaired) electrons. The number of rotatable bonds is 76. The topological polar surface area (TPSA) is 237 Å². The van der Waals surface area contributed by atoms with Crippen LogP contribution in [0.3, 0.4) is 0 Å². The van der Waals surface area contributed by atoms with Crippen LogP contribution in [0.4, 0.5) is 0 Å². The third-order valence-corrected chi connectivity index (χ3v) is 19.1. The van der Waals surface area contributed by atoms with Gasteiger partial charge in [-0.15, -0.1) is 0 Å². The van der Waals surface area contributed by atoms with Crippen molar-refractivity contribution in [1.82, 2.24) is 0 Å². The lowest BCUT2D eigenvalue weighted by Gasteiger charge is -2.21. The fourth-order valence-corrected chi connectivity index (χ4v) is 12.7. The molecule has 0 amide bonds. The van der Waals surface area contributed by atoms with Gasteiger partial charge in [0.25, 0.3) is 0 Å². The fourth-order valence-electron chi connectivity index (χ4n) is 11.1. The van der Waals surface area contributed by atoms with E-state index < -0.39 is 97.5 Å². The van der Waals surface area contributed by atoms with Gasteiger partial charge in [-0.2, -0.15) is 0 Å². The largest absolute Gasteiger partial charge is 0.472 e. The zero-order valence-corrected chi connectivity index (χ0v) is 65.4. The van der Waals surface area contributed by atoms with Crippen molar-refractivity contribution in [2.45, 2.75) is 380 Å². The van der Waals surface area contributed by atoms with Gasteiger partial charge in [0.1, 0.15) is 19.3 Å². The maximum absolute atomic E-state index is 13.1. The van der Waals surface area contributed by atoms with Gasteiger partial charge in [0, 0.05) is 25.7 Å². The van der Waals surface area contributed by atoms with E-state index in [1.165, 1.54) is 122 Å². The summed E-state index contributed by atoms with van der Waals surface area (Å²) in [5, 5.41) is 10.6. The maximum atomic E-state index is 13.1. The Kier molecular flexibility index (Phi) is 71.2. The quantitative estimate of drug-likeness (QED) is 0.0169. The predicted octanol–water partition coefficient (Wildman–Crippen LogP) is 23.2. The molecule has 0 aromatic rings. The molecule has 100 heavy (non-hydrogen) atoms. The molecular formula is C81H146O17P2. The van der Waals surface area contributed by atoms with Crippen molar-refractivity contribution in [2.24, 2.45) is 0 Å². The lowest BCUT2D eigenvalue weighted by molar-refractivity contribution is -0.161. The molecule has 582 valence electrons. The summed E-state index contributed by atoms with van der Waals surface area (Å²) < 4.78 is 68.6. The minimum atomic E-state index is -4.97. The Morgan fingerprint density at radius 1 is 0.290 bits per heavy atom. The second-order valence-corrected chi connectivity index (χ2v) is 29.9. The van der Waals surface area contributed by atoms with Crippen LogP contribution in [0.2, 0.25) is 0 Å². The van der Waals surface area contributed by atoms with Crippen LogP contribution in [0.15, 0.2) is 72.9 Å². The summed E-state index contributed by atoms with van der Waals surface area (Å²) in [5.74, 6) is -2.17. The van der Waals surface area contributed by atoms with E-state index in [2.05, 4.69) is 101 Å². The van der Waals surface area contributed by atoms with Crippen molar-refractivity contribution < 1.29 is 80.2 Å². The molecule has 0 saturated carbocycles. The molecule has 3 N–H and O–H groups in total. The Labute approximate surface area is 609 Å². The average Bonchev–Trinajstić information content (AvgIpc) is 0.935. The smallest absolute Gasteiger partial charge is 0.462 e. The van der Waals surface area contributed by atoms with Crippen LogP contribution < -0.4 is 0 Å². The highest BCUT2D eigenvalue weighted by atomic mass is 31.2. The van der Waals surface area contributed by atoms with E-state index in [0.717, 1.165) is 161 Å². The summed E-state index contributed by atoms with van der Waals surface area (Å²) in [5.41, 5.74) is 0. The van der Waals surface area contributed by atoms with Gasteiger partial charge >= 0.3 is 39.5 Å². The molecule has 17 nitrogen and oxygen atoms in total. The molecule has 0 bridgehead atoms. The van der Waals surface area contributed by atoms with E-state index in [0.29, 0.717) is 25.7 Å². The summed E-state index contributed by atoms with van der Waals surface area (Å²) in [6, 6.07) is 0. The second kappa shape index (κ2) is 73.8. The molecule has 0 aliphatic carbocycles. The minimum absolute atomic E-state index is 0.0835. The Balaban J connectivity index is 5.31. The molecule has 5 unspecified atom stereocenters. The minimum Gasteiger partial charge on any atom is -0.462 e. The van der Waals surface area contributed by atoms with Crippen molar-refractivity contribution in [2.75, 3.05) is 39.6 Å². The van der Waals surface area contributed by atoms with Gasteiger partial charge in [0.2, 0.25) is 0 Å². The molecule has 5 atom stereocenters. The van der Waals surface area contributed by atoms with Crippen molar-refractivity contribution in [1.29, 1.82) is 0 Å². The number of aliphatic hydroxyl groups excluding tert-OH is 1. The average molecular weight is 1450 g/mol. The van der Waals surface area contributed by atoms with E-state index in [9.17, 15) is 43.2 Å². The van der Waals surface area contributed by atoms with Gasteiger partial charge in [-0.3, -0.25) is 37.3 Å². The molecule has 0 rings (SSSR count). The number of ether oxygens (including phenoxy) is 4. The van der Waals surface area contributed by atoms with Gasteiger partial charge < -0.3 is 33.8 Å². The van der Waals surface area contributed by atoms with Crippen molar-refractivity contribution in [3.8, 4) is 0 Å². The van der Waals surface area contributed by atoms with Crippen LogP contribution in [0.5, 0.6) is 0 Å². The lowest BCUT2D eigenvalue weighted by Crippen LogP contribution is -2.30. The second-order valence-electron chi connectivity index (χ2n) is 27.0. The number of carbonyl (C=O) groups is 4. The molecule has 0 aliphatic rings. The van der Waals surface area contributed by atoms with Crippen LogP contribution in [0, 0.1) is 0 Å². The summed E-state index contributed by atoms with van der Waals surface area (Å²) >= 11 is 0. The molecule has 0 saturated heterocycles. The molecule has 0 fully saturated rings. The Bertz CT molecular complexity index is 2180. The van der Waals surface area contributed by atoms with Crippen molar-refractivity contribution >= 4 is 39.5 Å². The normalized spacial score (nSPS) is 14.3. The van der Waals surface area contributed by atoms with E-state index in [1.54, 1.807) is 0 Å². The number of phosphoric ester groups is 2. The molecular weight excluding hydrogens is 1310 g/mol. The fraction of sp³-hybridized carbons (Fsp3) is 0.802. The first kappa shape index (κ1) is 96.5.